The zero-order valence-electron chi connectivity index (χ0n) is 10.8. The highest BCUT2D eigenvalue weighted by atomic mass is 19.1. The number of aromatic nitrogens is 1. The first-order valence-electron chi connectivity index (χ1n) is 5.49. The van der Waals surface area contributed by atoms with Crippen LogP contribution in [0.4, 0.5) is 13.6 Å². The zero-order valence-corrected chi connectivity index (χ0v) is 10.8. The molecule has 0 spiro atoms. The van der Waals surface area contributed by atoms with Gasteiger partial charge in [0.15, 0.2) is 0 Å². The smallest absolute Gasteiger partial charge is 0.408 e. The Hall–Kier alpha value is -1.72. The SMILES string of the molecule is CC(NC(=O)OC(C)(C)C)c1ncc(F)cc1F. The lowest BCUT2D eigenvalue weighted by molar-refractivity contribution is 0.0506. The van der Waals surface area contributed by atoms with Crippen molar-refractivity contribution in [3.8, 4) is 0 Å². The molecule has 0 saturated carbocycles. The summed E-state index contributed by atoms with van der Waals surface area (Å²) in [6.45, 7) is 6.68. The summed E-state index contributed by atoms with van der Waals surface area (Å²) in [5.74, 6) is -1.57. The van der Waals surface area contributed by atoms with Crippen molar-refractivity contribution in [2.75, 3.05) is 0 Å². The molecule has 0 radical (unpaired) electrons. The second-order valence-corrected chi connectivity index (χ2v) is 4.89. The Morgan fingerprint density at radius 1 is 1.44 bits per heavy atom. The van der Waals surface area contributed by atoms with Crippen LogP contribution in [0.2, 0.25) is 0 Å². The van der Waals surface area contributed by atoms with Gasteiger partial charge >= 0.3 is 6.09 Å². The fraction of sp³-hybridized carbons (Fsp3) is 0.500. The molecule has 6 heteroatoms. The van der Waals surface area contributed by atoms with Crippen LogP contribution >= 0.6 is 0 Å². The van der Waals surface area contributed by atoms with E-state index in [0.29, 0.717) is 0 Å². The number of ether oxygens (including phenoxy) is 1. The highest BCUT2D eigenvalue weighted by Gasteiger charge is 2.20. The van der Waals surface area contributed by atoms with E-state index in [1.165, 1.54) is 6.92 Å². The van der Waals surface area contributed by atoms with Gasteiger partial charge in [0.2, 0.25) is 0 Å². The van der Waals surface area contributed by atoms with E-state index in [1.807, 2.05) is 0 Å². The van der Waals surface area contributed by atoms with Crippen molar-refractivity contribution in [3.05, 3.63) is 29.6 Å². The summed E-state index contributed by atoms with van der Waals surface area (Å²) in [6.07, 6.45) is 0.214. The largest absolute Gasteiger partial charge is 0.444 e. The summed E-state index contributed by atoms with van der Waals surface area (Å²) in [4.78, 5) is 15.1. The molecule has 1 aromatic rings. The summed E-state index contributed by atoms with van der Waals surface area (Å²) in [7, 11) is 0. The molecule has 1 unspecified atom stereocenters. The van der Waals surface area contributed by atoms with Gasteiger partial charge in [-0.05, 0) is 27.7 Å². The van der Waals surface area contributed by atoms with Crippen LogP contribution in [0.5, 0.6) is 0 Å². The van der Waals surface area contributed by atoms with Gasteiger partial charge in [0, 0.05) is 6.07 Å². The number of hydrogen-bond acceptors (Lipinski definition) is 3. The maximum absolute atomic E-state index is 13.4. The normalized spacial score (nSPS) is 13.0. The van der Waals surface area contributed by atoms with Crippen molar-refractivity contribution < 1.29 is 18.3 Å². The van der Waals surface area contributed by atoms with Crippen LogP contribution in [0.3, 0.4) is 0 Å². The van der Waals surface area contributed by atoms with E-state index >= 15 is 0 Å². The van der Waals surface area contributed by atoms with Gasteiger partial charge in [0.25, 0.3) is 0 Å². The minimum absolute atomic E-state index is 0.0396. The van der Waals surface area contributed by atoms with E-state index in [-0.39, 0.29) is 5.69 Å². The third-order valence-corrected chi connectivity index (χ3v) is 1.98. The fourth-order valence-corrected chi connectivity index (χ4v) is 1.30. The maximum Gasteiger partial charge on any atom is 0.408 e. The molecule has 0 fully saturated rings. The lowest BCUT2D eigenvalue weighted by Crippen LogP contribution is -2.34. The molecule has 0 aliphatic heterocycles. The average molecular weight is 258 g/mol. The molecule has 1 atom stereocenters. The van der Waals surface area contributed by atoms with E-state index in [4.69, 9.17) is 4.74 Å². The highest BCUT2D eigenvalue weighted by molar-refractivity contribution is 5.68. The van der Waals surface area contributed by atoms with Crippen LogP contribution in [0.25, 0.3) is 0 Å². The Morgan fingerprint density at radius 3 is 2.56 bits per heavy atom. The van der Waals surface area contributed by atoms with Crippen molar-refractivity contribution in [3.63, 3.8) is 0 Å². The quantitative estimate of drug-likeness (QED) is 0.887. The predicted molar refractivity (Wildman–Crippen MR) is 61.9 cm³/mol. The van der Waals surface area contributed by atoms with Gasteiger partial charge < -0.3 is 10.1 Å². The average Bonchev–Trinajstić information content (AvgIpc) is 2.13. The molecule has 100 valence electrons. The number of pyridine rings is 1. The van der Waals surface area contributed by atoms with Crippen molar-refractivity contribution >= 4 is 6.09 Å². The monoisotopic (exact) mass is 258 g/mol. The summed E-state index contributed by atoms with van der Waals surface area (Å²) < 4.78 is 31.1. The molecule has 0 saturated heterocycles. The number of halogens is 2. The third kappa shape index (κ3) is 4.27. The molecular formula is C12H16F2N2O2. The molecule has 4 nitrogen and oxygen atoms in total. The third-order valence-electron chi connectivity index (χ3n) is 1.98. The molecule has 0 aliphatic rings. The molecule has 1 aromatic heterocycles. The first kappa shape index (κ1) is 14.3. The van der Waals surface area contributed by atoms with E-state index in [2.05, 4.69) is 10.3 Å². The van der Waals surface area contributed by atoms with Gasteiger partial charge in [-0.1, -0.05) is 0 Å². The number of nitrogens with one attached hydrogen (secondary N) is 1. The Balaban J connectivity index is 2.71. The van der Waals surface area contributed by atoms with Gasteiger partial charge in [-0.15, -0.1) is 0 Å². The molecule has 18 heavy (non-hydrogen) atoms. The Kier molecular flexibility index (Phi) is 4.21. The van der Waals surface area contributed by atoms with Gasteiger partial charge in [0.1, 0.15) is 17.2 Å². The number of hydrogen-bond donors (Lipinski definition) is 1. The van der Waals surface area contributed by atoms with Crippen LogP contribution in [0, 0.1) is 11.6 Å². The van der Waals surface area contributed by atoms with Crippen molar-refractivity contribution in [2.24, 2.45) is 0 Å². The summed E-state index contributed by atoms with van der Waals surface area (Å²) >= 11 is 0. The molecular weight excluding hydrogens is 242 g/mol. The molecule has 0 bridgehead atoms. The van der Waals surface area contributed by atoms with Crippen LogP contribution in [-0.2, 0) is 4.74 Å². The summed E-state index contributed by atoms with van der Waals surface area (Å²) in [5.41, 5.74) is -0.680. The summed E-state index contributed by atoms with van der Waals surface area (Å²) in [6, 6.07) is 0.00995. The number of carbonyl (C=O) groups excluding carboxylic acids is 1. The second-order valence-electron chi connectivity index (χ2n) is 4.89. The molecule has 1 N–H and O–H groups in total. The first-order valence-corrected chi connectivity index (χ1v) is 5.49. The Labute approximate surface area is 104 Å². The van der Waals surface area contributed by atoms with Gasteiger partial charge in [0.05, 0.1) is 17.9 Å². The predicted octanol–water partition coefficient (Wildman–Crippen LogP) is 2.95. The second kappa shape index (κ2) is 5.29. The topological polar surface area (TPSA) is 51.2 Å². The van der Waals surface area contributed by atoms with Crippen molar-refractivity contribution in [2.45, 2.75) is 39.3 Å². The van der Waals surface area contributed by atoms with Gasteiger partial charge in [-0.25, -0.2) is 13.6 Å². The standard InChI is InChI=1S/C12H16F2N2O2/c1-7(16-11(17)18-12(2,3)4)10-9(14)5-8(13)6-15-10/h5-7H,1-4H3,(H,16,17). The molecule has 1 rings (SSSR count). The lowest BCUT2D eigenvalue weighted by Gasteiger charge is -2.21. The number of alkyl carbamates (subject to hydrolysis) is 1. The lowest BCUT2D eigenvalue weighted by atomic mass is 10.2. The van der Waals surface area contributed by atoms with E-state index in [1.54, 1.807) is 20.8 Å². The minimum atomic E-state index is -0.807. The number of amides is 1. The highest BCUT2D eigenvalue weighted by Crippen LogP contribution is 2.15. The van der Waals surface area contributed by atoms with Crippen LogP contribution in [0.15, 0.2) is 12.3 Å². The first-order chi connectivity index (χ1) is 8.19. The number of carbonyl (C=O) groups is 1. The minimum Gasteiger partial charge on any atom is -0.444 e. The number of nitrogens with zero attached hydrogens (tertiary/aromatic N) is 1. The van der Waals surface area contributed by atoms with Gasteiger partial charge in [-0.3, -0.25) is 4.98 Å². The fourth-order valence-electron chi connectivity index (χ4n) is 1.30. The molecule has 0 aliphatic carbocycles. The van der Waals surface area contributed by atoms with Crippen LogP contribution < -0.4 is 5.32 Å². The summed E-state index contributed by atoms with van der Waals surface area (Å²) in [5, 5.41) is 2.43. The molecule has 1 heterocycles. The van der Waals surface area contributed by atoms with Crippen molar-refractivity contribution in [1.29, 1.82) is 0 Å². The van der Waals surface area contributed by atoms with Gasteiger partial charge in [-0.2, -0.15) is 0 Å². The van der Waals surface area contributed by atoms with E-state index in [9.17, 15) is 13.6 Å². The van der Waals surface area contributed by atoms with Crippen molar-refractivity contribution in [1.82, 2.24) is 10.3 Å². The zero-order chi connectivity index (χ0) is 13.9. The number of rotatable bonds is 2. The molecule has 1 amide bonds. The van der Waals surface area contributed by atoms with E-state index < -0.39 is 29.4 Å². The van der Waals surface area contributed by atoms with Crippen LogP contribution in [-0.4, -0.2) is 16.7 Å². The molecule has 0 aromatic carbocycles. The Morgan fingerprint density at radius 2 is 2.06 bits per heavy atom. The Bertz CT molecular complexity index is 444. The van der Waals surface area contributed by atoms with Crippen LogP contribution in [0.1, 0.15) is 39.4 Å². The van der Waals surface area contributed by atoms with E-state index in [0.717, 1.165) is 12.3 Å². The maximum atomic E-state index is 13.4.